The van der Waals surface area contributed by atoms with Gasteiger partial charge in [-0.05, 0) is 66.8 Å². The predicted molar refractivity (Wildman–Crippen MR) is 179 cm³/mol. The molecule has 0 amide bonds. The van der Waals surface area contributed by atoms with Gasteiger partial charge in [0, 0.05) is 29.6 Å². The lowest BCUT2D eigenvalue weighted by atomic mass is 10.2. The molecular formula is C27H33ClF2N10O9S3. The van der Waals surface area contributed by atoms with Crippen LogP contribution < -0.4 is 19.0 Å². The lowest BCUT2D eigenvalue weighted by Crippen LogP contribution is -2.43. The van der Waals surface area contributed by atoms with E-state index in [4.69, 9.17) is 51.8 Å². The highest BCUT2D eigenvalue weighted by Gasteiger charge is 2.31. The molecule has 52 heavy (non-hydrogen) atoms. The summed E-state index contributed by atoms with van der Waals surface area (Å²) in [4.78, 5) is 6.87. The van der Waals surface area contributed by atoms with Crippen LogP contribution in [0.4, 0.5) is 8.78 Å². The average Bonchev–Trinajstić information content (AvgIpc) is 3.84. The summed E-state index contributed by atoms with van der Waals surface area (Å²) in [5.41, 5.74) is 0.713. The van der Waals surface area contributed by atoms with Gasteiger partial charge >= 0.3 is 5.13 Å². The quantitative estimate of drug-likeness (QED) is 0.0968. The number of thiazole rings is 1. The second-order valence-corrected chi connectivity index (χ2v) is 15.7. The van der Waals surface area contributed by atoms with E-state index >= 15 is 0 Å². The van der Waals surface area contributed by atoms with E-state index in [1.165, 1.54) is 15.9 Å². The zero-order valence-corrected chi connectivity index (χ0v) is 31.3. The second-order valence-electron chi connectivity index (χ2n) is 11.3. The summed E-state index contributed by atoms with van der Waals surface area (Å²) in [5.74, 6) is 2.08. The Morgan fingerprint density at radius 3 is 2.29 bits per heavy atom. The maximum atomic E-state index is 13.5. The minimum absolute atomic E-state index is 0.110. The molecule has 0 saturated carbocycles. The molecule has 0 spiro atoms. The summed E-state index contributed by atoms with van der Waals surface area (Å²) in [5, 5.41) is 21.5. The van der Waals surface area contributed by atoms with E-state index in [1.807, 2.05) is 24.3 Å². The zero-order chi connectivity index (χ0) is 38.7. The minimum Gasteiger partial charge on any atom is -0.748 e. The van der Waals surface area contributed by atoms with Gasteiger partial charge in [-0.15, -0.1) is 5.10 Å². The van der Waals surface area contributed by atoms with Gasteiger partial charge in [0.05, 0.1) is 54.5 Å². The van der Waals surface area contributed by atoms with Crippen molar-refractivity contribution >= 4 is 43.2 Å². The maximum absolute atomic E-state index is 13.5. The lowest BCUT2D eigenvalue weighted by Gasteiger charge is -2.23. The van der Waals surface area contributed by atoms with Gasteiger partial charge in [0.2, 0.25) is 12.5 Å². The monoisotopic (exact) mass is 810 g/mol. The number of alkyl halides is 2. The third-order valence-electron chi connectivity index (χ3n) is 5.75. The largest absolute Gasteiger partial charge is 0.748 e. The summed E-state index contributed by atoms with van der Waals surface area (Å²) in [7, 11) is -1.47. The molecule has 1 aliphatic rings. The number of halogens is 3. The van der Waals surface area contributed by atoms with Crippen LogP contribution in [0, 0.1) is 0 Å². The van der Waals surface area contributed by atoms with Gasteiger partial charge in [-0.1, -0.05) is 28.7 Å². The van der Waals surface area contributed by atoms with E-state index in [0.29, 0.717) is 53.4 Å². The van der Waals surface area contributed by atoms with Crippen molar-refractivity contribution < 1.29 is 58.2 Å². The van der Waals surface area contributed by atoms with Crippen LogP contribution in [0.15, 0.2) is 48.8 Å². The van der Waals surface area contributed by atoms with Crippen molar-refractivity contribution in [2.45, 2.75) is 12.8 Å². The van der Waals surface area contributed by atoms with Gasteiger partial charge in [0.1, 0.15) is 16.4 Å². The third kappa shape index (κ3) is 14.6. The Bertz CT molecular complexity index is 2050. The zero-order valence-electron chi connectivity index (χ0n) is 28.1. The number of ether oxygens (including phenoxy) is 3. The third-order valence-corrected chi connectivity index (χ3v) is 7.00. The molecule has 0 unspecified atom stereocenters. The highest BCUT2D eigenvalue weighted by atomic mass is 35.5. The topological polar surface area (TPSA) is 244 Å². The Labute approximate surface area is 305 Å². The first-order valence-electron chi connectivity index (χ1n) is 14.5. The first kappa shape index (κ1) is 42.0. The number of H-pyrrole nitrogens is 1. The number of tetrazole rings is 2. The molecule has 0 bridgehead atoms. The normalized spacial score (nSPS) is 12.2. The van der Waals surface area contributed by atoms with Gasteiger partial charge in [-0.3, -0.25) is 0 Å². The Morgan fingerprint density at radius 1 is 1.08 bits per heavy atom. The van der Waals surface area contributed by atoms with Crippen LogP contribution in [0.5, 0.6) is 17.2 Å². The number of nitrogens with one attached hydrogen (secondary N) is 1. The van der Waals surface area contributed by atoms with Crippen molar-refractivity contribution in [2.24, 2.45) is 0 Å². The molecule has 0 fully saturated rings. The summed E-state index contributed by atoms with van der Waals surface area (Å²) in [6.07, 6.45) is 0.636. The molecule has 6 rings (SSSR count). The van der Waals surface area contributed by atoms with E-state index < -0.39 is 32.4 Å². The SMILES string of the molecule is CS(=O)(=O)[O-].CS(=O)(=O)[O-].C[N+](C)(C)CCCOc1ccccc1-n1nc(-c2ccc3c(c2)OCO3)n[n+]1-c1nc(C(F)F)c(Cl)s1.c1nnn[nH]1. The molecule has 19 nitrogen and oxygen atoms in total. The summed E-state index contributed by atoms with van der Waals surface area (Å²) in [6.45, 7) is 1.57. The number of aromatic nitrogens is 9. The number of aromatic amines is 1. The van der Waals surface area contributed by atoms with Gasteiger partial charge in [0.15, 0.2) is 17.2 Å². The molecule has 0 aliphatic carbocycles. The Kier molecular flexibility index (Phi) is 14.8. The highest BCUT2D eigenvalue weighted by Crippen LogP contribution is 2.36. The molecule has 0 saturated heterocycles. The average molecular weight is 811 g/mol. The Morgan fingerprint density at radius 2 is 1.73 bits per heavy atom. The first-order valence-corrected chi connectivity index (χ1v) is 19.3. The van der Waals surface area contributed by atoms with Crippen molar-refractivity contribution in [1.82, 2.24) is 40.6 Å². The fourth-order valence-electron chi connectivity index (χ4n) is 3.83. The van der Waals surface area contributed by atoms with Crippen molar-refractivity contribution in [3.63, 3.8) is 0 Å². The Hall–Kier alpha value is -4.46. The Balaban J connectivity index is 0.000000406. The van der Waals surface area contributed by atoms with Crippen molar-refractivity contribution in [1.29, 1.82) is 0 Å². The highest BCUT2D eigenvalue weighted by molar-refractivity contribution is 7.85. The maximum Gasteiger partial charge on any atom is 0.366 e. The number of quaternary nitrogens is 1. The number of nitrogens with zero attached hydrogens (tertiary/aromatic N) is 9. The van der Waals surface area contributed by atoms with Gasteiger partial charge in [-0.25, -0.2) is 30.7 Å². The molecule has 25 heteroatoms. The molecule has 4 heterocycles. The van der Waals surface area contributed by atoms with Gasteiger partial charge in [0.25, 0.3) is 12.2 Å². The van der Waals surface area contributed by atoms with Crippen molar-refractivity contribution in [3.05, 3.63) is 58.8 Å². The molecular weight excluding hydrogens is 778 g/mol. The number of rotatable bonds is 9. The van der Waals surface area contributed by atoms with E-state index in [0.717, 1.165) is 28.8 Å². The van der Waals surface area contributed by atoms with Gasteiger partial charge < -0.3 is 27.8 Å². The minimum atomic E-state index is -3.92. The fourth-order valence-corrected chi connectivity index (χ4v) is 4.91. The van der Waals surface area contributed by atoms with E-state index in [2.05, 4.69) is 56.9 Å². The number of para-hydroxylation sites is 2. The molecule has 0 atom stereocenters. The standard InChI is InChI=1S/C24H25ClF2N6O3S.CH2N4.2CH4O3S/c1-33(2,3)11-6-12-34-17-8-5-4-7-16(17)31-29-23(15-9-10-18-19(13-15)36-14-35-18)30-32(31)24-28-20(22(26)27)21(25)37-24;1-2-4-5-3-1;2*1-5(2,3)4/h4-5,7-10,13,22H,6,11-12,14H2,1-3H3;1H,(H,2,3,4,5);2*1H3,(H,2,3,4)/q+2;;;/p-2. The molecule has 1 N–H and O–H groups in total. The van der Waals surface area contributed by atoms with Crippen LogP contribution in [-0.4, -0.2) is 125 Å². The van der Waals surface area contributed by atoms with Crippen LogP contribution in [0.2, 0.25) is 4.34 Å². The molecule has 5 aromatic rings. The van der Waals surface area contributed by atoms with E-state index in [9.17, 15) is 8.78 Å². The summed E-state index contributed by atoms with van der Waals surface area (Å²) >= 11 is 6.97. The predicted octanol–water partition coefficient (Wildman–Crippen LogP) is 1.98. The molecule has 3 aromatic heterocycles. The van der Waals surface area contributed by atoms with Crippen LogP contribution in [0.1, 0.15) is 18.5 Å². The van der Waals surface area contributed by atoms with Crippen LogP contribution in [0.3, 0.4) is 0 Å². The summed E-state index contributed by atoms with van der Waals surface area (Å²) < 4.78 is 99.1. The fraction of sp³-hybridized carbons (Fsp3) is 0.370. The summed E-state index contributed by atoms with van der Waals surface area (Å²) in [6, 6.07) is 12.7. The molecule has 1 aliphatic heterocycles. The van der Waals surface area contributed by atoms with Crippen molar-refractivity contribution in [2.75, 3.05) is 53.6 Å². The van der Waals surface area contributed by atoms with Crippen molar-refractivity contribution in [3.8, 4) is 39.5 Å². The van der Waals surface area contributed by atoms with Crippen LogP contribution >= 0.6 is 22.9 Å². The first-order chi connectivity index (χ1) is 24.2. The molecule has 0 radical (unpaired) electrons. The van der Waals surface area contributed by atoms with E-state index in [-0.39, 0.29) is 16.3 Å². The molecule has 284 valence electrons. The van der Waals surface area contributed by atoms with Crippen LogP contribution in [0.25, 0.3) is 22.2 Å². The smallest absolute Gasteiger partial charge is 0.366 e. The number of hydrogen-bond acceptors (Lipinski definition) is 16. The number of fused-ring (bicyclic) bond motifs is 1. The van der Waals surface area contributed by atoms with E-state index in [1.54, 1.807) is 18.2 Å². The lowest BCUT2D eigenvalue weighted by molar-refractivity contribution is -0.870. The van der Waals surface area contributed by atoms with Gasteiger partial charge in [-0.2, -0.15) is 0 Å². The number of hydrogen-bond donors (Lipinski definition) is 1. The molecule has 2 aromatic carbocycles. The van der Waals surface area contributed by atoms with Crippen LogP contribution in [-0.2, 0) is 20.2 Å². The number of benzene rings is 2. The second kappa shape index (κ2) is 18.3.